The van der Waals surface area contributed by atoms with Crippen LogP contribution in [0.25, 0.3) is 0 Å². The summed E-state index contributed by atoms with van der Waals surface area (Å²) in [5.41, 5.74) is 0. The van der Waals surface area contributed by atoms with Gasteiger partial charge < -0.3 is 5.32 Å². The lowest BCUT2D eigenvalue weighted by Crippen LogP contribution is -2.52. The Hall–Kier alpha value is -0.0800. The zero-order valence-corrected chi connectivity index (χ0v) is 9.63. The van der Waals surface area contributed by atoms with Gasteiger partial charge in [0.2, 0.25) is 0 Å². The number of piperidine rings is 2. The third-order valence-electron chi connectivity index (χ3n) is 3.93. The second-order valence-electron chi connectivity index (χ2n) is 5.22. The van der Waals surface area contributed by atoms with Gasteiger partial charge in [0.15, 0.2) is 0 Å². The molecule has 3 atom stereocenters. The molecule has 0 aromatic carbocycles. The molecule has 2 fully saturated rings. The van der Waals surface area contributed by atoms with Crippen molar-refractivity contribution in [2.24, 2.45) is 5.92 Å². The molecule has 82 valence electrons. The quantitative estimate of drug-likeness (QED) is 0.688. The van der Waals surface area contributed by atoms with Crippen molar-refractivity contribution in [3.63, 3.8) is 0 Å². The van der Waals surface area contributed by atoms with E-state index < -0.39 is 0 Å². The highest BCUT2D eigenvalue weighted by Crippen LogP contribution is 2.25. The van der Waals surface area contributed by atoms with E-state index in [-0.39, 0.29) is 0 Å². The van der Waals surface area contributed by atoms with Gasteiger partial charge in [-0.05, 0) is 51.6 Å². The van der Waals surface area contributed by atoms with Gasteiger partial charge >= 0.3 is 0 Å². The molecule has 0 radical (unpaired) electrons. The molecule has 0 aromatic heterocycles. The van der Waals surface area contributed by atoms with Crippen LogP contribution in [0.15, 0.2) is 0 Å². The summed E-state index contributed by atoms with van der Waals surface area (Å²) in [6, 6.07) is 1.63. The van der Waals surface area contributed by atoms with Crippen LogP contribution in [0.5, 0.6) is 0 Å². The number of rotatable bonds is 1. The van der Waals surface area contributed by atoms with Gasteiger partial charge in [-0.25, -0.2) is 0 Å². The summed E-state index contributed by atoms with van der Waals surface area (Å²) in [5.74, 6) is 0.942. The molecule has 2 heteroatoms. The predicted molar refractivity (Wildman–Crippen MR) is 60.5 cm³/mol. The van der Waals surface area contributed by atoms with Crippen molar-refractivity contribution in [1.82, 2.24) is 10.2 Å². The van der Waals surface area contributed by atoms with E-state index in [0.29, 0.717) is 0 Å². The van der Waals surface area contributed by atoms with Gasteiger partial charge in [-0.15, -0.1) is 0 Å². The molecule has 2 aliphatic rings. The Morgan fingerprint density at radius 2 is 2.07 bits per heavy atom. The first-order valence-corrected chi connectivity index (χ1v) is 6.24. The first-order valence-electron chi connectivity index (χ1n) is 6.24. The molecule has 0 bridgehead atoms. The van der Waals surface area contributed by atoms with E-state index in [9.17, 15) is 0 Å². The first kappa shape index (κ1) is 10.4. The minimum atomic E-state index is 0.809. The van der Waals surface area contributed by atoms with E-state index in [1.165, 1.54) is 45.3 Å². The van der Waals surface area contributed by atoms with Gasteiger partial charge in [0.1, 0.15) is 0 Å². The van der Waals surface area contributed by atoms with Crippen LogP contribution >= 0.6 is 0 Å². The number of nitrogens with one attached hydrogen (secondary N) is 1. The van der Waals surface area contributed by atoms with Crippen LogP contribution in [-0.2, 0) is 0 Å². The van der Waals surface area contributed by atoms with Crippen molar-refractivity contribution in [1.29, 1.82) is 0 Å². The van der Waals surface area contributed by atoms with E-state index >= 15 is 0 Å². The molecule has 2 rings (SSSR count). The third kappa shape index (κ3) is 2.29. The lowest BCUT2D eigenvalue weighted by molar-refractivity contribution is 0.0687. The fraction of sp³-hybridized carbons (Fsp3) is 1.00. The fourth-order valence-electron chi connectivity index (χ4n) is 3.08. The molecular formula is C12H24N2. The zero-order valence-electron chi connectivity index (χ0n) is 9.63. The van der Waals surface area contributed by atoms with E-state index in [2.05, 4.69) is 24.1 Å². The second-order valence-corrected chi connectivity index (χ2v) is 5.22. The zero-order chi connectivity index (χ0) is 9.97. The van der Waals surface area contributed by atoms with E-state index in [1.54, 1.807) is 0 Å². The van der Waals surface area contributed by atoms with Crippen LogP contribution in [0.2, 0.25) is 0 Å². The van der Waals surface area contributed by atoms with Gasteiger partial charge in [-0.3, -0.25) is 4.90 Å². The molecule has 3 unspecified atom stereocenters. The summed E-state index contributed by atoms with van der Waals surface area (Å²) in [6.45, 7) is 8.58. The summed E-state index contributed by atoms with van der Waals surface area (Å²) in [5, 5.41) is 3.52. The summed E-state index contributed by atoms with van der Waals surface area (Å²) >= 11 is 0. The number of hydrogen-bond donors (Lipinski definition) is 1. The van der Waals surface area contributed by atoms with Crippen molar-refractivity contribution in [2.75, 3.05) is 19.6 Å². The molecule has 0 aromatic rings. The van der Waals surface area contributed by atoms with E-state index in [4.69, 9.17) is 0 Å². The van der Waals surface area contributed by atoms with Crippen LogP contribution in [0.1, 0.15) is 39.5 Å². The minimum absolute atomic E-state index is 0.809. The van der Waals surface area contributed by atoms with Gasteiger partial charge in [-0.2, -0.15) is 0 Å². The standard InChI is InChI=1S/C12H24N2/c1-10-5-7-14(11(2)8-10)12-4-3-6-13-9-12/h10-13H,3-9H2,1-2H3. The lowest BCUT2D eigenvalue weighted by Gasteiger charge is -2.43. The maximum atomic E-state index is 3.52. The Labute approximate surface area is 88.1 Å². The number of hydrogen-bond acceptors (Lipinski definition) is 2. The Morgan fingerprint density at radius 3 is 2.71 bits per heavy atom. The van der Waals surface area contributed by atoms with Crippen molar-refractivity contribution in [3.05, 3.63) is 0 Å². The van der Waals surface area contributed by atoms with E-state index in [1.807, 2.05) is 0 Å². The number of likely N-dealkylation sites (tertiary alicyclic amines) is 1. The van der Waals surface area contributed by atoms with Gasteiger partial charge in [0.05, 0.1) is 0 Å². The maximum absolute atomic E-state index is 3.52. The van der Waals surface area contributed by atoms with Crippen molar-refractivity contribution in [3.8, 4) is 0 Å². The van der Waals surface area contributed by atoms with Gasteiger partial charge in [0, 0.05) is 18.6 Å². The molecule has 0 spiro atoms. The second kappa shape index (κ2) is 4.63. The fourth-order valence-corrected chi connectivity index (χ4v) is 3.08. The molecule has 0 amide bonds. The normalized spacial score (nSPS) is 41.1. The van der Waals surface area contributed by atoms with Crippen LogP contribution < -0.4 is 5.32 Å². The Kier molecular flexibility index (Phi) is 3.45. The third-order valence-corrected chi connectivity index (χ3v) is 3.93. The highest BCUT2D eigenvalue weighted by molar-refractivity contribution is 4.85. The van der Waals surface area contributed by atoms with Crippen molar-refractivity contribution in [2.45, 2.75) is 51.6 Å². The maximum Gasteiger partial charge on any atom is 0.0223 e. The largest absolute Gasteiger partial charge is 0.315 e. The highest BCUT2D eigenvalue weighted by Gasteiger charge is 2.29. The van der Waals surface area contributed by atoms with E-state index in [0.717, 1.165) is 18.0 Å². The number of nitrogens with zero attached hydrogens (tertiary/aromatic N) is 1. The predicted octanol–water partition coefficient (Wildman–Crippen LogP) is 1.86. The summed E-state index contributed by atoms with van der Waals surface area (Å²) in [4.78, 5) is 2.74. The molecule has 0 saturated carbocycles. The minimum Gasteiger partial charge on any atom is -0.315 e. The Bertz CT molecular complexity index is 175. The molecule has 0 aliphatic carbocycles. The Balaban J connectivity index is 1.89. The van der Waals surface area contributed by atoms with Gasteiger partial charge in [0.25, 0.3) is 0 Å². The average molecular weight is 196 g/mol. The van der Waals surface area contributed by atoms with Crippen LogP contribution in [0.4, 0.5) is 0 Å². The van der Waals surface area contributed by atoms with Crippen LogP contribution in [-0.4, -0.2) is 36.6 Å². The molecular weight excluding hydrogens is 172 g/mol. The van der Waals surface area contributed by atoms with Crippen molar-refractivity contribution < 1.29 is 0 Å². The molecule has 1 N–H and O–H groups in total. The molecule has 2 saturated heterocycles. The highest BCUT2D eigenvalue weighted by atomic mass is 15.2. The SMILES string of the molecule is CC1CCN(C2CCCNC2)C(C)C1. The lowest BCUT2D eigenvalue weighted by atomic mass is 9.91. The summed E-state index contributed by atoms with van der Waals surface area (Å²) < 4.78 is 0. The van der Waals surface area contributed by atoms with Gasteiger partial charge in [-0.1, -0.05) is 6.92 Å². The topological polar surface area (TPSA) is 15.3 Å². The smallest absolute Gasteiger partial charge is 0.0223 e. The molecule has 2 aliphatic heterocycles. The molecule has 14 heavy (non-hydrogen) atoms. The monoisotopic (exact) mass is 196 g/mol. The molecule has 2 heterocycles. The van der Waals surface area contributed by atoms with Crippen molar-refractivity contribution >= 4 is 0 Å². The molecule has 2 nitrogen and oxygen atoms in total. The average Bonchev–Trinajstić information content (AvgIpc) is 2.19. The summed E-state index contributed by atoms with van der Waals surface area (Å²) in [6.07, 6.45) is 5.58. The summed E-state index contributed by atoms with van der Waals surface area (Å²) in [7, 11) is 0. The van der Waals surface area contributed by atoms with Crippen LogP contribution in [0.3, 0.4) is 0 Å². The Morgan fingerprint density at radius 1 is 1.21 bits per heavy atom. The van der Waals surface area contributed by atoms with Crippen LogP contribution in [0, 0.1) is 5.92 Å². The first-order chi connectivity index (χ1) is 6.77.